The second-order valence-electron chi connectivity index (χ2n) is 9.80. The van der Waals surface area contributed by atoms with Crippen molar-refractivity contribution in [2.24, 2.45) is 0 Å². The van der Waals surface area contributed by atoms with Gasteiger partial charge in [-0.3, -0.25) is 14.4 Å². The Balaban J connectivity index is 2.45. The number of hydrogen-bond donors (Lipinski definition) is 2. The quantitative estimate of drug-likeness (QED) is 0.434. The zero-order chi connectivity index (χ0) is 28.3. The Labute approximate surface area is 224 Å². The predicted molar refractivity (Wildman–Crippen MR) is 144 cm³/mol. The van der Waals surface area contributed by atoms with E-state index in [0.717, 1.165) is 17.5 Å². The summed E-state index contributed by atoms with van der Waals surface area (Å²) in [6.07, 6.45) is 0.275. The van der Waals surface area contributed by atoms with Crippen molar-refractivity contribution in [1.82, 2.24) is 15.5 Å². The first-order valence-electron chi connectivity index (χ1n) is 12.8. The van der Waals surface area contributed by atoms with Crippen LogP contribution in [0.3, 0.4) is 0 Å². The number of esters is 1. The van der Waals surface area contributed by atoms with Crippen LogP contribution in [0.1, 0.15) is 57.4 Å². The number of hydrogen-bond acceptors (Lipinski definition) is 6. The molecule has 2 aromatic rings. The first-order valence-corrected chi connectivity index (χ1v) is 12.8. The maximum Gasteiger partial charge on any atom is 0.408 e. The van der Waals surface area contributed by atoms with Crippen LogP contribution in [0.15, 0.2) is 54.6 Å². The standard InChI is InChI=1S/C29H39N3O6/c1-7-20-14-16-22(17-15-20)25(26(34)30-19-24(33)37-6)32(8-2)27(35)23(18-21-12-10-9-11-13-21)31-28(36)38-29(3,4)5/h9-17,23,25H,7-8,18-19H2,1-6H3,(H,30,34)(H,31,36). The third kappa shape index (κ3) is 9.21. The van der Waals surface area contributed by atoms with Gasteiger partial charge in [0.05, 0.1) is 7.11 Å². The van der Waals surface area contributed by atoms with Crippen molar-refractivity contribution in [3.63, 3.8) is 0 Å². The second-order valence-corrected chi connectivity index (χ2v) is 9.80. The molecule has 0 spiro atoms. The summed E-state index contributed by atoms with van der Waals surface area (Å²) in [5, 5.41) is 5.27. The number of benzene rings is 2. The Bertz CT molecular complexity index is 1080. The minimum atomic E-state index is -1.04. The molecule has 0 aliphatic heterocycles. The van der Waals surface area contributed by atoms with Gasteiger partial charge in [-0.25, -0.2) is 4.79 Å². The average molecular weight is 526 g/mol. The molecule has 0 saturated carbocycles. The molecule has 2 N–H and O–H groups in total. The summed E-state index contributed by atoms with van der Waals surface area (Å²) in [5.74, 6) is -1.60. The summed E-state index contributed by atoms with van der Waals surface area (Å²) in [7, 11) is 1.23. The molecule has 0 saturated heterocycles. The van der Waals surface area contributed by atoms with Crippen LogP contribution in [0.2, 0.25) is 0 Å². The Morgan fingerprint density at radius 2 is 1.55 bits per heavy atom. The Morgan fingerprint density at radius 3 is 2.08 bits per heavy atom. The molecule has 2 unspecified atom stereocenters. The van der Waals surface area contributed by atoms with E-state index in [2.05, 4.69) is 15.4 Å². The highest BCUT2D eigenvalue weighted by Gasteiger charge is 2.35. The molecule has 2 atom stereocenters. The van der Waals surface area contributed by atoms with Crippen LogP contribution in [0.25, 0.3) is 0 Å². The van der Waals surface area contributed by atoms with E-state index in [9.17, 15) is 19.2 Å². The highest BCUT2D eigenvalue weighted by atomic mass is 16.6. The molecule has 0 aliphatic rings. The molecule has 2 aromatic carbocycles. The number of methoxy groups -OCH3 is 1. The van der Waals surface area contributed by atoms with E-state index in [1.807, 2.05) is 49.4 Å². The SMILES string of the molecule is CCc1ccc(C(C(=O)NCC(=O)OC)N(CC)C(=O)C(Cc2ccccc2)NC(=O)OC(C)(C)C)cc1. The molecule has 0 radical (unpaired) electrons. The van der Waals surface area contributed by atoms with Crippen molar-refractivity contribution in [2.75, 3.05) is 20.2 Å². The summed E-state index contributed by atoms with van der Waals surface area (Å²) in [4.78, 5) is 53.2. The monoisotopic (exact) mass is 525 g/mol. The fourth-order valence-electron chi connectivity index (χ4n) is 3.90. The zero-order valence-electron chi connectivity index (χ0n) is 23.1. The number of nitrogens with one attached hydrogen (secondary N) is 2. The van der Waals surface area contributed by atoms with Gasteiger partial charge in [-0.05, 0) is 50.8 Å². The number of likely N-dealkylation sites (N-methyl/N-ethyl adjacent to an activating group) is 1. The summed E-state index contributed by atoms with van der Waals surface area (Å²) in [6.45, 7) is 8.82. The van der Waals surface area contributed by atoms with E-state index in [0.29, 0.717) is 5.56 Å². The summed E-state index contributed by atoms with van der Waals surface area (Å²) < 4.78 is 10.1. The van der Waals surface area contributed by atoms with E-state index in [4.69, 9.17) is 4.74 Å². The van der Waals surface area contributed by atoms with Gasteiger partial charge in [-0.15, -0.1) is 0 Å². The molecule has 0 aromatic heterocycles. The number of rotatable bonds is 11. The molecule has 206 valence electrons. The minimum Gasteiger partial charge on any atom is -0.468 e. The fourth-order valence-corrected chi connectivity index (χ4v) is 3.90. The molecule has 38 heavy (non-hydrogen) atoms. The molecular weight excluding hydrogens is 486 g/mol. The molecule has 0 aliphatic carbocycles. The Morgan fingerprint density at radius 1 is 0.921 bits per heavy atom. The van der Waals surface area contributed by atoms with Crippen molar-refractivity contribution < 1.29 is 28.7 Å². The molecular formula is C29H39N3O6. The third-order valence-corrected chi connectivity index (χ3v) is 5.79. The van der Waals surface area contributed by atoms with Crippen molar-refractivity contribution >= 4 is 23.9 Å². The lowest BCUT2D eigenvalue weighted by atomic mass is 9.99. The summed E-state index contributed by atoms with van der Waals surface area (Å²) in [6, 6.07) is 14.6. The number of nitrogens with zero attached hydrogens (tertiary/aromatic N) is 1. The molecule has 9 heteroatoms. The van der Waals surface area contributed by atoms with Gasteiger partial charge in [0.25, 0.3) is 0 Å². The molecule has 3 amide bonds. The van der Waals surface area contributed by atoms with Crippen LogP contribution in [0.4, 0.5) is 4.79 Å². The highest BCUT2D eigenvalue weighted by Crippen LogP contribution is 2.24. The topological polar surface area (TPSA) is 114 Å². The van der Waals surface area contributed by atoms with E-state index in [-0.39, 0.29) is 19.5 Å². The largest absolute Gasteiger partial charge is 0.468 e. The van der Waals surface area contributed by atoms with Gasteiger partial charge in [0, 0.05) is 13.0 Å². The fraction of sp³-hybridized carbons (Fsp3) is 0.448. The minimum absolute atomic E-state index is 0.173. The smallest absolute Gasteiger partial charge is 0.408 e. The first kappa shape index (κ1) is 30.3. The lowest BCUT2D eigenvalue weighted by Crippen LogP contribution is -2.54. The van der Waals surface area contributed by atoms with Crippen LogP contribution < -0.4 is 10.6 Å². The molecule has 0 bridgehead atoms. The van der Waals surface area contributed by atoms with E-state index < -0.39 is 41.6 Å². The van der Waals surface area contributed by atoms with Gasteiger partial charge in [0.1, 0.15) is 24.2 Å². The van der Waals surface area contributed by atoms with Crippen LogP contribution in [-0.2, 0) is 36.7 Å². The molecule has 2 rings (SSSR count). The van der Waals surface area contributed by atoms with Gasteiger partial charge in [-0.2, -0.15) is 0 Å². The average Bonchev–Trinajstić information content (AvgIpc) is 2.89. The van der Waals surface area contributed by atoms with Crippen molar-refractivity contribution in [3.05, 3.63) is 71.3 Å². The van der Waals surface area contributed by atoms with Crippen LogP contribution >= 0.6 is 0 Å². The second kappa shape index (κ2) is 14.2. The number of aryl methyl sites for hydroxylation is 1. The van der Waals surface area contributed by atoms with Crippen LogP contribution in [-0.4, -0.2) is 60.6 Å². The van der Waals surface area contributed by atoms with E-state index in [1.54, 1.807) is 39.8 Å². The van der Waals surface area contributed by atoms with Gasteiger partial charge < -0.3 is 25.0 Å². The normalized spacial score (nSPS) is 12.6. The number of ether oxygens (including phenoxy) is 2. The summed E-state index contributed by atoms with van der Waals surface area (Å²) in [5.41, 5.74) is 1.73. The molecule has 0 fully saturated rings. The van der Waals surface area contributed by atoms with E-state index >= 15 is 0 Å². The highest BCUT2D eigenvalue weighted by molar-refractivity contribution is 5.93. The van der Waals surface area contributed by atoms with Gasteiger partial charge in [0.2, 0.25) is 11.8 Å². The Kier molecular flexibility index (Phi) is 11.3. The lowest BCUT2D eigenvalue weighted by Gasteiger charge is -2.33. The van der Waals surface area contributed by atoms with Crippen LogP contribution in [0.5, 0.6) is 0 Å². The zero-order valence-corrected chi connectivity index (χ0v) is 23.1. The number of amides is 3. The predicted octanol–water partition coefficient (Wildman–Crippen LogP) is 3.56. The maximum atomic E-state index is 14.0. The van der Waals surface area contributed by atoms with Crippen molar-refractivity contribution in [1.29, 1.82) is 0 Å². The van der Waals surface area contributed by atoms with Gasteiger partial charge >= 0.3 is 12.1 Å². The van der Waals surface area contributed by atoms with Gasteiger partial charge in [-0.1, -0.05) is 61.5 Å². The van der Waals surface area contributed by atoms with E-state index in [1.165, 1.54) is 12.0 Å². The number of carbonyl (C=O) groups is 4. The number of carbonyl (C=O) groups excluding carboxylic acids is 4. The number of alkyl carbamates (subject to hydrolysis) is 1. The first-order chi connectivity index (χ1) is 18.0. The Hall–Kier alpha value is -3.88. The molecule has 0 heterocycles. The summed E-state index contributed by atoms with van der Waals surface area (Å²) >= 11 is 0. The van der Waals surface area contributed by atoms with Gasteiger partial charge in [0.15, 0.2) is 0 Å². The third-order valence-electron chi connectivity index (χ3n) is 5.79. The molecule has 9 nitrogen and oxygen atoms in total. The maximum absolute atomic E-state index is 14.0. The lowest BCUT2D eigenvalue weighted by molar-refractivity contribution is -0.144. The van der Waals surface area contributed by atoms with Crippen molar-refractivity contribution in [2.45, 2.75) is 65.1 Å². The van der Waals surface area contributed by atoms with Crippen LogP contribution in [0, 0.1) is 0 Å². The van der Waals surface area contributed by atoms with Crippen molar-refractivity contribution in [3.8, 4) is 0 Å².